The number of anilines is 2. The zero-order valence-electron chi connectivity index (χ0n) is 11.9. The number of nitrogens with zero attached hydrogens (tertiary/aromatic N) is 2. The molecule has 4 nitrogen and oxygen atoms in total. The zero-order chi connectivity index (χ0) is 14.0. The van der Waals surface area contributed by atoms with Crippen molar-refractivity contribution in [2.45, 2.75) is 33.7 Å². The number of nitrogens with one attached hydrogen (secondary N) is 1. The summed E-state index contributed by atoms with van der Waals surface area (Å²) >= 11 is 0. The third-order valence-corrected chi connectivity index (χ3v) is 3.30. The van der Waals surface area contributed by atoms with Gasteiger partial charge in [-0.2, -0.15) is 0 Å². The lowest BCUT2D eigenvalue weighted by Crippen LogP contribution is -2.12. The summed E-state index contributed by atoms with van der Waals surface area (Å²) in [6, 6.07) is 8.50. The Bertz CT molecular complexity index is 593. The van der Waals surface area contributed by atoms with Gasteiger partial charge in [0.05, 0.1) is 6.04 Å². The molecule has 100 valence electrons. The fourth-order valence-corrected chi connectivity index (χ4v) is 2.15. The topological polar surface area (TPSA) is 63.8 Å². The van der Waals surface area contributed by atoms with Crippen LogP contribution in [0.5, 0.6) is 0 Å². The minimum atomic E-state index is 0.175. The van der Waals surface area contributed by atoms with Gasteiger partial charge in [0.25, 0.3) is 0 Å². The van der Waals surface area contributed by atoms with Crippen molar-refractivity contribution in [2.24, 2.45) is 0 Å². The summed E-state index contributed by atoms with van der Waals surface area (Å²) in [6.07, 6.45) is 0. The quantitative estimate of drug-likeness (QED) is 0.885. The summed E-state index contributed by atoms with van der Waals surface area (Å²) < 4.78 is 0. The highest BCUT2D eigenvalue weighted by molar-refractivity contribution is 5.55. The summed E-state index contributed by atoms with van der Waals surface area (Å²) in [5.74, 6) is 2.02. The van der Waals surface area contributed by atoms with Crippen molar-refractivity contribution < 1.29 is 0 Å². The third kappa shape index (κ3) is 2.84. The van der Waals surface area contributed by atoms with E-state index in [9.17, 15) is 0 Å². The van der Waals surface area contributed by atoms with Crippen LogP contribution in [0.3, 0.4) is 0 Å². The molecule has 4 heteroatoms. The van der Waals surface area contributed by atoms with Crippen molar-refractivity contribution in [3.05, 3.63) is 46.8 Å². The van der Waals surface area contributed by atoms with Crippen LogP contribution in [0.2, 0.25) is 0 Å². The molecular weight excluding hydrogens is 236 g/mol. The van der Waals surface area contributed by atoms with Crippen LogP contribution in [0, 0.1) is 20.8 Å². The molecule has 0 bridgehead atoms. The number of hydrogen-bond acceptors (Lipinski definition) is 4. The summed E-state index contributed by atoms with van der Waals surface area (Å²) in [5.41, 5.74) is 9.29. The highest BCUT2D eigenvalue weighted by atomic mass is 15.1. The van der Waals surface area contributed by atoms with Gasteiger partial charge in [0, 0.05) is 5.56 Å². The van der Waals surface area contributed by atoms with Crippen LogP contribution in [-0.2, 0) is 0 Å². The number of nitrogens with two attached hydrogens (primary N) is 1. The Hall–Kier alpha value is -2.10. The molecule has 19 heavy (non-hydrogen) atoms. The summed E-state index contributed by atoms with van der Waals surface area (Å²) in [5, 5.41) is 3.42. The number of hydrogen-bond donors (Lipinski definition) is 2. The van der Waals surface area contributed by atoms with Crippen LogP contribution in [0.25, 0.3) is 0 Å². The van der Waals surface area contributed by atoms with Crippen LogP contribution >= 0.6 is 0 Å². The predicted octanol–water partition coefficient (Wildman–Crippen LogP) is 3.16. The SMILES string of the molecule is Cc1nc(N)c(C)c(NC(C)c2ccccc2C)n1. The van der Waals surface area contributed by atoms with Crippen LogP contribution in [0.15, 0.2) is 24.3 Å². The first-order valence-electron chi connectivity index (χ1n) is 6.42. The van der Waals surface area contributed by atoms with Crippen molar-refractivity contribution in [3.63, 3.8) is 0 Å². The van der Waals surface area contributed by atoms with E-state index in [-0.39, 0.29) is 6.04 Å². The molecular formula is C15H20N4. The molecule has 1 heterocycles. The van der Waals surface area contributed by atoms with Gasteiger partial charge >= 0.3 is 0 Å². The average Bonchev–Trinajstić information content (AvgIpc) is 2.35. The van der Waals surface area contributed by atoms with E-state index in [0.29, 0.717) is 11.6 Å². The van der Waals surface area contributed by atoms with Crippen molar-refractivity contribution in [1.29, 1.82) is 0 Å². The molecule has 0 fully saturated rings. The average molecular weight is 256 g/mol. The maximum absolute atomic E-state index is 5.87. The maximum Gasteiger partial charge on any atom is 0.135 e. The lowest BCUT2D eigenvalue weighted by molar-refractivity contribution is 0.855. The molecule has 1 unspecified atom stereocenters. The van der Waals surface area contributed by atoms with E-state index in [2.05, 4.69) is 41.3 Å². The second kappa shape index (κ2) is 5.26. The van der Waals surface area contributed by atoms with Gasteiger partial charge in [-0.05, 0) is 38.8 Å². The molecule has 1 atom stereocenters. The van der Waals surface area contributed by atoms with E-state index < -0.39 is 0 Å². The number of aryl methyl sites for hydroxylation is 2. The Balaban J connectivity index is 2.29. The lowest BCUT2D eigenvalue weighted by atomic mass is 10.0. The lowest BCUT2D eigenvalue weighted by Gasteiger charge is -2.19. The number of benzene rings is 1. The van der Waals surface area contributed by atoms with Crippen LogP contribution in [-0.4, -0.2) is 9.97 Å². The molecule has 1 aromatic heterocycles. The number of aromatic nitrogens is 2. The van der Waals surface area contributed by atoms with Crippen molar-refractivity contribution in [3.8, 4) is 0 Å². The highest BCUT2D eigenvalue weighted by Gasteiger charge is 2.12. The van der Waals surface area contributed by atoms with Crippen molar-refractivity contribution in [2.75, 3.05) is 11.1 Å². The van der Waals surface area contributed by atoms with Crippen molar-refractivity contribution >= 4 is 11.6 Å². The Labute approximate surface area is 114 Å². The van der Waals surface area contributed by atoms with Gasteiger partial charge in [-0.25, -0.2) is 9.97 Å². The first kappa shape index (κ1) is 13.3. The Morgan fingerprint density at radius 2 is 1.79 bits per heavy atom. The van der Waals surface area contributed by atoms with Gasteiger partial charge in [0.15, 0.2) is 0 Å². The number of rotatable bonds is 3. The van der Waals surface area contributed by atoms with E-state index >= 15 is 0 Å². The standard InChI is InChI=1S/C15H20N4/c1-9-7-5-6-8-13(9)11(3)17-15-10(2)14(16)18-12(4)19-15/h5-8,11H,1-4H3,(H3,16,17,18,19). The Kier molecular flexibility index (Phi) is 3.69. The summed E-state index contributed by atoms with van der Waals surface area (Å²) in [7, 11) is 0. The predicted molar refractivity (Wildman–Crippen MR) is 79.1 cm³/mol. The first-order valence-corrected chi connectivity index (χ1v) is 6.42. The van der Waals surface area contributed by atoms with Gasteiger partial charge in [-0.1, -0.05) is 24.3 Å². The molecule has 0 radical (unpaired) electrons. The normalized spacial score (nSPS) is 12.2. The van der Waals surface area contributed by atoms with Gasteiger partial charge < -0.3 is 11.1 Å². The Morgan fingerprint density at radius 1 is 1.11 bits per heavy atom. The van der Waals surface area contributed by atoms with E-state index in [0.717, 1.165) is 11.4 Å². The molecule has 2 rings (SSSR count). The summed E-state index contributed by atoms with van der Waals surface area (Å²) in [4.78, 5) is 8.58. The number of nitrogen functional groups attached to an aromatic ring is 1. The molecule has 1 aromatic carbocycles. The van der Waals surface area contributed by atoms with E-state index in [1.54, 1.807) is 0 Å². The van der Waals surface area contributed by atoms with E-state index in [4.69, 9.17) is 5.73 Å². The fourth-order valence-electron chi connectivity index (χ4n) is 2.15. The second-order valence-corrected chi connectivity index (χ2v) is 4.85. The summed E-state index contributed by atoms with van der Waals surface area (Å²) in [6.45, 7) is 8.01. The molecule has 2 aromatic rings. The molecule has 0 aliphatic heterocycles. The minimum Gasteiger partial charge on any atom is -0.383 e. The molecule has 0 aliphatic carbocycles. The molecule has 0 amide bonds. The third-order valence-electron chi connectivity index (χ3n) is 3.30. The highest BCUT2D eigenvalue weighted by Crippen LogP contribution is 2.24. The molecule has 0 aliphatic rings. The van der Waals surface area contributed by atoms with E-state index in [1.807, 2.05) is 26.0 Å². The smallest absolute Gasteiger partial charge is 0.135 e. The Morgan fingerprint density at radius 3 is 2.47 bits per heavy atom. The monoisotopic (exact) mass is 256 g/mol. The second-order valence-electron chi connectivity index (χ2n) is 4.85. The van der Waals surface area contributed by atoms with Crippen LogP contribution < -0.4 is 11.1 Å². The van der Waals surface area contributed by atoms with Gasteiger partial charge in [-0.15, -0.1) is 0 Å². The van der Waals surface area contributed by atoms with Crippen LogP contribution in [0.4, 0.5) is 11.6 Å². The fraction of sp³-hybridized carbons (Fsp3) is 0.333. The van der Waals surface area contributed by atoms with Gasteiger partial charge in [0.1, 0.15) is 17.5 Å². The molecule has 0 saturated heterocycles. The largest absolute Gasteiger partial charge is 0.383 e. The minimum absolute atomic E-state index is 0.175. The maximum atomic E-state index is 5.87. The van der Waals surface area contributed by atoms with Crippen LogP contribution in [0.1, 0.15) is 35.5 Å². The molecule has 0 spiro atoms. The zero-order valence-corrected chi connectivity index (χ0v) is 11.9. The van der Waals surface area contributed by atoms with Gasteiger partial charge in [0.2, 0.25) is 0 Å². The van der Waals surface area contributed by atoms with Gasteiger partial charge in [-0.3, -0.25) is 0 Å². The van der Waals surface area contributed by atoms with E-state index in [1.165, 1.54) is 11.1 Å². The molecule has 3 N–H and O–H groups in total. The van der Waals surface area contributed by atoms with Crippen molar-refractivity contribution in [1.82, 2.24) is 9.97 Å². The molecule has 0 saturated carbocycles. The first-order chi connectivity index (χ1) is 8.99.